The van der Waals surface area contributed by atoms with Gasteiger partial charge in [-0.25, -0.2) is 15.4 Å². The molecule has 1 aliphatic rings. The molecule has 1 amide bonds. The van der Waals surface area contributed by atoms with E-state index in [0.717, 1.165) is 31.5 Å². The molecule has 25 heavy (non-hydrogen) atoms. The van der Waals surface area contributed by atoms with Crippen LogP contribution in [0, 0.1) is 0 Å². The Kier molecular flexibility index (Phi) is 5.22. The molecule has 3 rings (SSSR count). The van der Waals surface area contributed by atoms with Gasteiger partial charge in [0.2, 0.25) is 5.95 Å². The number of nitrogens with zero attached hydrogens (tertiary/aromatic N) is 3. The van der Waals surface area contributed by atoms with Crippen LogP contribution in [0.2, 0.25) is 0 Å². The van der Waals surface area contributed by atoms with E-state index in [1.807, 2.05) is 23.1 Å². The van der Waals surface area contributed by atoms with Crippen molar-refractivity contribution in [1.82, 2.24) is 20.3 Å². The van der Waals surface area contributed by atoms with Crippen molar-refractivity contribution in [2.45, 2.75) is 18.4 Å². The lowest BCUT2D eigenvalue weighted by Crippen LogP contribution is -2.47. The van der Waals surface area contributed by atoms with Crippen LogP contribution in [0.5, 0.6) is 0 Å². The molecule has 1 saturated heterocycles. The molecule has 0 aliphatic carbocycles. The average Bonchev–Trinajstić information content (AvgIpc) is 2.69. The van der Waals surface area contributed by atoms with Gasteiger partial charge in [-0.3, -0.25) is 14.9 Å². The van der Waals surface area contributed by atoms with Crippen LogP contribution in [0.15, 0.2) is 42.7 Å². The molecule has 2 heterocycles. The largest absolute Gasteiger partial charge is 0.381 e. The highest BCUT2D eigenvalue weighted by molar-refractivity contribution is 5.92. The number of hydrogen-bond donors (Lipinski definition) is 4. The van der Waals surface area contributed by atoms with Gasteiger partial charge < -0.3 is 10.4 Å². The lowest BCUT2D eigenvalue weighted by atomic mass is 9.81. The number of aliphatic hydroxyl groups excluding tert-OH is 1. The van der Waals surface area contributed by atoms with Crippen molar-refractivity contribution in [2.75, 3.05) is 25.1 Å². The van der Waals surface area contributed by atoms with Crippen molar-refractivity contribution >= 4 is 11.9 Å². The fourth-order valence-electron chi connectivity index (χ4n) is 3.11. The second-order valence-electron chi connectivity index (χ2n) is 6.07. The summed E-state index contributed by atoms with van der Waals surface area (Å²) < 4.78 is 0. The first-order valence-corrected chi connectivity index (χ1v) is 8.10. The van der Waals surface area contributed by atoms with Gasteiger partial charge in [0.05, 0.1) is 17.8 Å². The lowest BCUT2D eigenvalue weighted by molar-refractivity contribution is 0.0689. The number of hydrogen-bond acceptors (Lipinski definition) is 7. The highest BCUT2D eigenvalue weighted by atomic mass is 16.5. The van der Waals surface area contributed by atoms with Gasteiger partial charge >= 0.3 is 0 Å². The monoisotopic (exact) mass is 343 g/mol. The zero-order valence-electron chi connectivity index (χ0n) is 13.7. The van der Waals surface area contributed by atoms with Crippen LogP contribution < -0.4 is 10.8 Å². The number of aliphatic hydroxyl groups is 1. The van der Waals surface area contributed by atoms with E-state index < -0.39 is 5.91 Å². The summed E-state index contributed by atoms with van der Waals surface area (Å²) in [6.07, 6.45) is 4.31. The Morgan fingerprint density at radius 2 is 1.80 bits per heavy atom. The Bertz CT molecular complexity index is 700. The molecule has 132 valence electrons. The van der Waals surface area contributed by atoms with E-state index in [4.69, 9.17) is 5.21 Å². The van der Waals surface area contributed by atoms with Crippen molar-refractivity contribution in [3.05, 3.63) is 53.9 Å². The van der Waals surface area contributed by atoms with Gasteiger partial charge in [0.25, 0.3) is 5.91 Å². The molecule has 8 nitrogen and oxygen atoms in total. The van der Waals surface area contributed by atoms with E-state index in [9.17, 15) is 9.90 Å². The predicted octanol–water partition coefficient (Wildman–Crippen LogP) is 0.949. The van der Waals surface area contributed by atoms with E-state index in [0.29, 0.717) is 5.95 Å². The summed E-state index contributed by atoms with van der Waals surface area (Å²) in [6, 6.07) is 10.1. The zero-order valence-corrected chi connectivity index (χ0v) is 13.7. The van der Waals surface area contributed by atoms with Crippen LogP contribution >= 0.6 is 0 Å². The number of rotatable bonds is 5. The van der Waals surface area contributed by atoms with Crippen LogP contribution in [-0.2, 0) is 5.54 Å². The minimum atomic E-state index is -0.652. The minimum Gasteiger partial charge on any atom is -0.381 e. The number of benzene rings is 1. The maximum absolute atomic E-state index is 11.4. The highest BCUT2D eigenvalue weighted by Crippen LogP contribution is 2.35. The van der Waals surface area contributed by atoms with E-state index in [1.54, 1.807) is 5.48 Å². The molecule has 2 aromatic rings. The average molecular weight is 343 g/mol. The predicted molar refractivity (Wildman–Crippen MR) is 90.9 cm³/mol. The molecular weight excluding hydrogens is 322 g/mol. The minimum absolute atomic E-state index is 0.0480. The summed E-state index contributed by atoms with van der Waals surface area (Å²) in [5.41, 5.74) is 2.53. The standard InChI is InChI=1S/C17H21N5O3/c23-12-22-8-6-17(7-9-22,14-4-2-1-3-5-14)20-16-18-10-13(11-19-16)15(24)21-25/h1-5,10-11,23,25H,6-9,12H2,(H,21,24)(H,18,19,20). The number of hydroxylamine groups is 1. The molecule has 1 fully saturated rings. The summed E-state index contributed by atoms with van der Waals surface area (Å²) in [5, 5.41) is 21.4. The zero-order chi connectivity index (χ0) is 17.7. The van der Waals surface area contributed by atoms with Gasteiger partial charge in [0.15, 0.2) is 0 Å². The van der Waals surface area contributed by atoms with Gasteiger partial charge in [-0.05, 0) is 18.4 Å². The highest BCUT2D eigenvalue weighted by Gasteiger charge is 2.36. The Hall–Kier alpha value is -2.55. The van der Waals surface area contributed by atoms with Crippen molar-refractivity contribution in [2.24, 2.45) is 0 Å². The first kappa shape index (κ1) is 17.3. The number of carbonyl (C=O) groups is 1. The molecule has 0 saturated carbocycles. The van der Waals surface area contributed by atoms with Gasteiger partial charge in [-0.15, -0.1) is 0 Å². The maximum Gasteiger partial charge on any atom is 0.277 e. The third kappa shape index (κ3) is 3.76. The molecule has 4 N–H and O–H groups in total. The Balaban J connectivity index is 1.85. The SMILES string of the molecule is O=C(NO)c1cnc(NC2(c3ccccc3)CCN(CO)CC2)nc1. The van der Waals surface area contributed by atoms with Gasteiger partial charge in [0.1, 0.15) is 0 Å². The van der Waals surface area contributed by atoms with Crippen LogP contribution in [0.1, 0.15) is 28.8 Å². The fourth-order valence-corrected chi connectivity index (χ4v) is 3.11. The molecular formula is C17H21N5O3. The normalized spacial score (nSPS) is 17.0. The fraction of sp³-hybridized carbons (Fsp3) is 0.353. The molecule has 1 aliphatic heterocycles. The van der Waals surface area contributed by atoms with Gasteiger partial charge in [0, 0.05) is 25.5 Å². The lowest BCUT2D eigenvalue weighted by Gasteiger charge is -2.42. The first-order chi connectivity index (χ1) is 12.2. The molecule has 1 aromatic carbocycles. The molecule has 0 unspecified atom stereocenters. The molecule has 1 aromatic heterocycles. The van der Waals surface area contributed by atoms with E-state index in [1.165, 1.54) is 12.4 Å². The van der Waals surface area contributed by atoms with Crippen molar-refractivity contribution in [3.8, 4) is 0 Å². The second-order valence-corrected chi connectivity index (χ2v) is 6.07. The molecule has 8 heteroatoms. The van der Waals surface area contributed by atoms with Crippen LogP contribution in [0.3, 0.4) is 0 Å². The topological polar surface area (TPSA) is 111 Å². The van der Waals surface area contributed by atoms with Crippen LogP contribution in [-0.4, -0.2) is 50.9 Å². The first-order valence-electron chi connectivity index (χ1n) is 8.10. The Labute approximate surface area is 145 Å². The number of likely N-dealkylation sites (tertiary alicyclic amines) is 1. The van der Waals surface area contributed by atoms with Crippen molar-refractivity contribution < 1.29 is 15.1 Å². The number of piperidine rings is 1. The summed E-state index contributed by atoms with van der Waals surface area (Å²) in [7, 11) is 0. The molecule has 0 atom stereocenters. The van der Waals surface area contributed by atoms with E-state index in [2.05, 4.69) is 27.4 Å². The number of nitrogens with one attached hydrogen (secondary N) is 2. The molecule has 0 radical (unpaired) electrons. The Morgan fingerprint density at radius 3 is 2.36 bits per heavy atom. The number of anilines is 1. The Morgan fingerprint density at radius 1 is 1.16 bits per heavy atom. The quantitative estimate of drug-likeness (QED) is 0.472. The number of carbonyl (C=O) groups excluding carboxylic acids is 1. The summed E-state index contributed by atoms with van der Waals surface area (Å²) in [6.45, 7) is 1.55. The third-order valence-electron chi connectivity index (χ3n) is 4.60. The number of amides is 1. The van der Waals surface area contributed by atoms with Crippen LogP contribution in [0.4, 0.5) is 5.95 Å². The number of aromatic nitrogens is 2. The van der Waals surface area contributed by atoms with Gasteiger partial charge in [-0.1, -0.05) is 30.3 Å². The molecule has 0 bridgehead atoms. The van der Waals surface area contributed by atoms with E-state index >= 15 is 0 Å². The summed E-state index contributed by atoms with van der Waals surface area (Å²) in [5.74, 6) is -0.239. The summed E-state index contributed by atoms with van der Waals surface area (Å²) in [4.78, 5) is 21.8. The third-order valence-corrected chi connectivity index (χ3v) is 4.60. The van der Waals surface area contributed by atoms with Crippen LogP contribution in [0.25, 0.3) is 0 Å². The van der Waals surface area contributed by atoms with E-state index in [-0.39, 0.29) is 17.8 Å². The maximum atomic E-state index is 11.4. The molecule has 0 spiro atoms. The van der Waals surface area contributed by atoms with Gasteiger partial charge in [-0.2, -0.15) is 0 Å². The summed E-state index contributed by atoms with van der Waals surface area (Å²) >= 11 is 0. The van der Waals surface area contributed by atoms with Crippen molar-refractivity contribution in [3.63, 3.8) is 0 Å². The smallest absolute Gasteiger partial charge is 0.277 e. The second kappa shape index (κ2) is 7.56. The van der Waals surface area contributed by atoms with Crippen molar-refractivity contribution in [1.29, 1.82) is 0 Å².